The van der Waals surface area contributed by atoms with Crippen LogP contribution in [0.15, 0.2) is 48.5 Å². The number of para-hydroxylation sites is 2. The van der Waals surface area contributed by atoms with Crippen LogP contribution >= 0.6 is 0 Å². The molecule has 1 aliphatic heterocycles. The molecule has 4 heteroatoms. The molecule has 0 saturated carbocycles. The van der Waals surface area contributed by atoms with Gasteiger partial charge < -0.3 is 10.1 Å². The highest BCUT2D eigenvalue weighted by Gasteiger charge is 2.24. The Labute approximate surface area is 118 Å². The lowest BCUT2D eigenvalue weighted by atomic mass is 10.1. The molecule has 0 bridgehead atoms. The zero-order valence-electron chi connectivity index (χ0n) is 11.3. The van der Waals surface area contributed by atoms with Crippen LogP contribution in [0.5, 0.6) is 5.75 Å². The Bertz CT molecular complexity index is 623. The molecule has 0 radical (unpaired) electrons. The fraction of sp³-hybridized carbons (Fsp3) is 0.188. The smallest absolute Gasteiger partial charge is 0.250 e. The average molecular weight is 268 g/mol. The maximum atomic E-state index is 12.2. The molecule has 0 fully saturated rings. The van der Waals surface area contributed by atoms with Gasteiger partial charge in [-0.3, -0.25) is 9.69 Å². The summed E-state index contributed by atoms with van der Waals surface area (Å²) in [6.07, 6.45) is 0. The van der Waals surface area contributed by atoms with Gasteiger partial charge in [-0.05, 0) is 43.3 Å². The molecule has 1 amide bonds. The first-order valence-electron chi connectivity index (χ1n) is 6.68. The zero-order valence-corrected chi connectivity index (χ0v) is 11.3. The molecule has 0 atom stereocenters. The fourth-order valence-corrected chi connectivity index (χ4v) is 2.34. The van der Waals surface area contributed by atoms with Gasteiger partial charge in [0.05, 0.1) is 24.5 Å². The Morgan fingerprint density at radius 3 is 2.65 bits per heavy atom. The summed E-state index contributed by atoms with van der Waals surface area (Å²) in [5, 5.41) is 3.13. The van der Waals surface area contributed by atoms with E-state index in [1.54, 1.807) is 4.90 Å². The average Bonchev–Trinajstić information content (AvgIpc) is 2.49. The normalized spacial score (nSPS) is 13.7. The van der Waals surface area contributed by atoms with Crippen molar-refractivity contribution in [2.45, 2.75) is 6.92 Å². The highest BCUT2D eigenvalue weighted by Crippen LogP contribution is 2.35. The van der Waals surface area contributed by atoms with Crippen LogP contribution in [-0.2, 0) is 4.79 Å². The maximum Gasteiger partial charge on any atom is 0.250 e. The number of carbonyl (C=O) groups excluding carboxylic acids is 1. The van der Waals surface area contributed by atoms with Crippen molar-refractivity contribution in [3.8, 4) is 5.75 Å². The first kappa shape index (κ1) is 12.5. The number of anilines is 3. The van der Waals surface area contributed by atoms with Gasteiger partial charge >= 0.3 is 0 Å². The molecule has 0 saturated heterocycles. The minimum atomic E-state index is 0.0351. The molecular weight excluding hydrogens is 252 g/mol. The fourth-order valence-electron chi connectivity index (χ4n) is 2.34. The molecule has 2 aromatic rings. The predicted molar refractivity (Wildman–Crippen MR) is 79.7 cm³/mol. The number of benzene rings is 2. The molecule has 1 N–H and O–H groups in total. The Kier molecular flexibility index (Phi) is 3.29. The van der Waals surface area contributed by atoms with Crippen molar-refractivity contribution in [3.63, 3.8) is 0 Å². The third kappa shape index (κ3) is 2.20. The van der Waals surface area contributed by atoms with Crippen molar-refractivity contribution in [3.05, 3.63) is 48.5 Å². The van der Waals surface area contributed by atoms with Gasteiger partial charge in [0.15, 0.2) is 0 Å². The summed E-state index contributed by atoms with van der Waals surface area (Å²) in [5.74, 6) is 0.847. The number of ether oxygens (including phenoxy) is 1. The van der Waals surface area contributed by atoms with Gasteiger partial charge in [0.25, 0.3) is 5.91 Å². The summed E-state index contributed by atoms with van der Waals surface area (Å²) in [6.45, 7) is 2.89. The van der Waals surface area contributed by atoms with Crippen LogP contribution in [0.1, 0.15) is 6.92 Å². The molecule has 0 unspecified atom stereocenters. The maximum absolute atomic E-state index is 12.2. The minimum Gasteiger partial charge on any atom is -0.494 e. The van der Waals surface area contributed by atoms with Crippen molar-refractivity contribution < 1.29 is 9.53 Å². The number of nitrogens with one attached hydrogen (secondary N) is 1. The molecule has 0 aliphatic carbocycles. The molecule has 1 aliphatic rings. The van der Waals surface area contributed by atoms with Crippen LogP contribution in [0.2, 0.25) is 0 Å². The quantitative estimate of drug-likeness (QED) is 0.929. The third-order valence-electron chi connectivity index (χ3n) is 3.23. The van der Waals surface area contributed by atoms with Gasteiger partial charge in [-0.25, -0.2) is 0 Å². The number of amides is 1. The highest BCUT2D eigenvalue weighted by atomic mass is 16.5. The number of fused-ring (bicyclic) bond motifs is 1. The standard InChI is InChI=1S/C16H16N2O2/c1-2-20-13-9-7-12(8-10-13)18-15-6-4-3-5-14(15)17-11-16(18)19/h3-10,17H,2,11H2,1H3. The Morgan fingerprint density at radius 1 is 1.15 bits per heavy atom. The lowest BCUT2D eigenvalue weighted by molar-refractivity contribution is -0.116. The third-order valence-corrected chi connectivity index (χ3v) is 3.23. The van der Waals surface area contributed by atoms with Crippen LogP contribution in [-0.4, -0.2) is 19.1 Å². The number of rotatable bonds is 3. The van der Waals surface area contributed by atoms with Crippen molar-refractivity contribution in [1.82, 2.24) is 0 Å². The summed E-state index contributed by atoms with van der Waals surface area (Å²) < 4.78 is 5.43. The number of carbonyl (C=O) groups is 1. The van der Waals surface area contributed by atoms with Crippen molar-refractivity contribution >= 4 is 23.0 Å². The summed E-state index contributed by atoms with van der Waals surface area (Å²) in [5.41, 5.74) is 2.71. The highest BCUT2D eigenvalue weighted by molar-refractivity contribution is 6.08. The van der Waals surface area contributed by atoms with E-state index < -0.39 is 0 Å². The van der Waals surface area contributed by atoms with E-state index in [0.29, 0.717) is 13.2 Å². The van der Waals surface area contributed by atoms with Crippen molar-refractivity contribution in [2.75, 3.05) is 23.4 Å². The monoisotopic (exact) mass is 268 g/mol. The van der Waals surface area contributed by atoms with Crippen LogP contribution in [0.25, 0.3) is 0 Å². The Hall–Kier alpha value is -2.49. The Morgan fingerprint density at radius 2 is 1.90 bits per heavy atom. The topological polar surface area (TPSA) is 41.6 Å². The molecular formula is C16H16N2O2. The number of hydrogen-bond acceptors (Lipinski definition) is 3. The van der Waals surface area contributed by atoms with Crippen LogP contribution in [0.3, 0.4) is 0 Å². The van der Waals surface area contributed by atoms with Crippen LogP contribution < -0.4 is 15.0 Å². The molecule has 0 spiro atoms. The van der Waals surface area contributed by atoms with Gasteiger partial charge in [0.1, 0.15) is 5.75 Å². The number of hydrogen-bond donors (Lipinski definition) is 1. The summed E-state index contributed by atoms with van der Waals surface area (Å²) in [6, 6.07) is 15.4. The van der Waals surface area contributed by atoms with E-state index in [1.165, 1.54) is 0 Å². The van der Waals surface area contributed by atoms with E-state index in [2.05, 4.69) is 5.32 Å². The molecule has 20 heavy (non-hydrogen) atoms. The van der Waals surface area contributed by atoms with E-state index in [-0.39, 0.29) is 5.91 Å². The molecule has 102 valence electrons. The largest absolute Gasteiger partial charge is 0.494 e. The lowest BCUT2D eigenvalue weighted by Crippen LogP contribution is -2.36. The zero-order chi connectivity index (χ0) is 13.9. The van der Waals surface area contributed by atoms with E-state index in [4.69, 9.17) is 4.74 Å². The van der Waals surface area contributed by atoms with Gasteiger partial charge in [0.2, 0.25) is 0 Å². The molecule has 4 nitrogen and oxygen atoms in total. The van der Waals surface area contributed by atoms with Gasteiger partial charge in [-0.2, -0.15) is 0 Å². The van der Waals surface area contributed by atoms with Gasteiger partial charge in [-0.15, -0.1) is 0 Å². The van der Waals surface area contributed by atoms with Crippen molar-refractivity contribution in [2.24, 2.45) is 0 Å². The van der Waals surface area contributed by atoms with Gasteiger partial charge in [0, 0.05) is 5.69 Å². The second kappa shape index (κ2) is 5.25. The second-order valence-electron chi connectivity index (χ2n) is 4.53. The summed E-state index contributed by atoms with van der Waals surface area (Å²) >= 11 is 0. The van der Waals surface area contributed by atoms with E-state index in [1.807, 2.05) is 55.5 Å². The predicted octanol–water partition coefficient (Wildman–Crippen LogP) is 3.18. The summed E-state index contributed by atoms with van der Waals surface area (Å²) in [7, 11) is 0. The first-order chi connectivity index (χ1) is 9.79. The van der Waals surface area contributed by atoms with E-state index in [0.717, 1.165) is 22.8 Å². The molecule has 2 aromatic carbocycles. The number of nitrogens with zero attached hydrogens (tertiary/aromatic N) is 1. The van der Waals surface area contributed by atoms with E-state index in [9.17, 15) is 4.79 Å². The van der Waals surface area contributed by atoms with Crippen molar-refractivity contribution in [1.29, 1.82) is 0 Å². The molecule has 0 aromatic heterocycles. The van der Waals surface area contributed by atoms with Gasteiger partial charge in [-0.1, -0.05) is 12.1 Å². The Balaban J connectivity index is 1.98. The SMILES string of the molecule is CCOc1ccc(N2C(=O)CNc3ccccc32)cc1. The lowest BCUT2D eigenvalue weighted by Gasteiger charge is -2.30. The molecule has 3 rings (SSSR count). The first-order valence-corrected chi connectivity index (χ1v) is 6.68. The summed E-state index contributed by atoms with van der Waals surface area (Å²) in [4.78, 5) is 13.9. The van der Waals surface area contributed by atoms with Crippen LogP contribution in [0, 0.1) is 0 Å². The molecule has 1 heterocycles. The van der Waals surface area contributed by atoms with E-state index >= 15 is 0 Å². The second-order valence-corrected chi connectivity index (χ2v) is 4.53. The minimum absolute atomic E-state index is 0.0351. The van der Waals surface area contributed by atoms with Crippen LogP contribution in [0.4, 0.5) is 17.1 Å².